The van der Waals surface area contributed by atoms with Crippen molar-refractivity contribution in [2.24, 2.45) is 0 Å². The first-order chi connectivity index (χ1) is 7.52. The van der Waals surface area contributed by atoms with Crippen LogP contribution in [0.5, 0.6) is 0 Å². The predicted molar refractivity (Wildman–Crippen MR) is 67.0 cm³/mol. The second kappa shape index (κ2) is 3.81. The average molecular weight is 218 g/mol. The summed E-state index contributed by atoms with van der Waals surface area (Å²) >= 11 is 0. The minimum absolute atomic E-state index is 0.0156. The van der Waals surface area contributed by atoms with Crippen LogP contribution in [-0.2, 0) is 0 Å². The van der Waals surface area contributed by atoms with Crippen LogP contribution in [0.2, 0.25) is 0 Å². The van der Waals surface area contributed by atoms with Crippen molar-refractivity contribution in [3.05, 3.63) is 34.2 Å². The normalized spacial score (nSPS) is 11.9. The number of nitrogens with zero attached hydrogens (tertiary/aromatic N) is 1. The second-order valence-electron chi connectivity index (χ2n) is 4.79. The maximum absolute atomic E-state index is 11.9. The molecule has 0 fully saturated rings. The first-order valence-corrected chi connectivity index (χ1v) is 5.75. The highest BCUT2D eigenvalue weighted by Crippen LogP contribution is 2.25. The summed E-state index contributed by atoms with van der Waals surface area (Å²) in [7, 11) is 0. The quantitative estimate of drug-likeness (QED) is 0.826. The first kappa shape index (κ1) is 11.0. The molecule has 0 saturated heterocycles. The van der Waals surface area contributed by atoms with Crippen molar-refractivity contribution >= 4 is 11.0 Å². The Hall–Kier alpha value is -1.51. The van der Waals surface area contributed by atoms with Crippen LogP contribution in [0.15, 0.2) is 23.0 Å². The number of benzene rings is 1. The van der Waals surface area contributed by atoms with E-state index >= 15 is 0 Å². The smallest absolute Gasteiger partial charge is 0.306 e. The maximum Gasteiger partial charge on any atom is 0.326 e. The maximum atomic E-state index is 11.9. The van der Waals surface area contributed by atoms with Crippen LogP contribution in [0.3, 0.4) is 0 Å². The van der Waals surface area contributed by atoms with Gasteiger partial charge in [0.1, 0.15) is 0 Å². The fourth-order valence-electron chi connectivity index (χ4n) is 2.17. The van der Waals surface area contributed by atoms with Crippen molar-refractivity contribution in [3.8, 4) is 0 Å². The lowest BCUT2D eigenvalue weighted by molar-refractivity contribution is 0.595. The summed E-state index contributed by atoms with van der Waals surface area (Å²) in [5, 5.41) is 0. The lowest BCUT2D eigenvalue weighted by Gasteiger charge is -2.12. The molecule has 2 aromatic rings. The molecule has 0 bridgehead atoms. The van der Waals surface area contributed by atoms with Gasteiger partial charge in [-0.25, -0.2) is 4.79 Å². The molecule has 0 atom stereocenters. The van der Waals surface area contributed by atoms with Crippen molar-refractivity contribution in [1.82, 2.24) is 9.55 Å². The molecule has 3 nitrogen and oxygen atoms in total. The summed E-state index contributed by atoms with van der Waals surface area (Å²) in [6.45, 7) is 8.37. The molecule has 3 heteroatoms. The van der Waals surface area contributed by atoms with Crippen molar-refractivity contribution in [2.75, 3.05) is 0 Å². The summed E-state index contributed by atoms with van der Waals surface area (Å²) in [5.74, 6) is 0.420. The van der Waals surface area contributed by atoms with Crippen LogP contribution in [0.25, 0.3) is 11.0 Å². The molecule has 86 valence electrons. The highest BCUT2D eigenvalue weighted by molar-refractivity contribution is 5.79. The molecule has 16 heavy (non-hydrogen) atoms. The second-order valence-corrected chi connectivity index (χ2v) is 4.79. The lowest BCUT2D eigenvalue weighted by Crippen LogP contribution is -2.19. The van der Waals surface area contributed by atoms with Gasteiger partial charge in [-0.3, -0.25) is 4.57 Å². The molecule has 0 spiro atoms. The monoisotopic (exact) mass is 218 g/mol. The Morgan fingerprint density at radius 2 is 1.88 bits per heavy atom. The molecule has 0 aliphatic rings. The van der Waals surface area contributed by atoms with Gasteiger partial charge < -0.3 is 4.98 Å². The van der Waals surface area contributed by atoms with Gasteiger partial charge in [-0.2, -0.15) is 0 Å². The van der Waals surface area contributed by atoms with Gasteiger partial charge in [0.15, 0.2) is 0 Å². The SMILES string of the molecule is CC(C)c1cccc2[nH]c(=O)n(C(C)C)c12. The Morgan fingerprint density at radius 1 is 1.19 bits per heavy atom. The van der Waals surface area contributed by atoms with Crippen LogP contribution in [0.1, 0.15) is 45.2 Å². The molecular formula is C13H18N2O. The number of aromatic amines is 1. The van der Waals surface area contributed by atoms with Gasteiger partial charge >= 0.3 is 5.69 Å². The van der Waals surface area contributed by atoms with E-state index in [0.717, 1.165) is 11.0 Å². The molecular weight excluding hydrogens is 200 g/mol. The predicted octanol–water partition coefficient (Wildman–Crippen LogP) is 3.03. The van der Waals surface area contributed by atoms with E-state index in [1.807, 2.05) is 30.5 Å². The number of hydrogen-bond donors (Lipinski definition) is 1. The third-order valence-electron chi connectivity index (χ3n) is 2.91. The molecule has 0 radical (unpaired) electrons. The van der Waals surface area contributed by atoms with Gasteiger partial charge in [-0.15, -0.1) is 0 Å². The molecule has 2 rings (SSSR count). The van der Waals surface area contributed by atoms with Crippen molar-refractivity contribution in [3.63, 3.8) is 0 Å². The molecule has 0 aliphatic heterocycles. The minimum Gasteiger partial charge on any atom is -0.306 e. The highest BCUT2D eigenvalue weighted by Gasteiger charge is 2.14. The molecule has 0 amide bonds. The van der Waals surface area contributed by atoms with Crippen LogP contribution in [0.4, 0.5) is 0 Å². The van der Waals surface area contributed by atoms with E-state index in [-0.39, 0.29) is 11.7 Å². The van der Waals surface area contributed by atoms with Crippen molar-refractivity contribution < 1.29 is 0 Å². The Morgan fingerprint density at radius 3 is 2.44 bits per heavy atom. The van der Waals surface area contributed by atoms with Crippen molar-refractivity contribution in [2.45, 2.75) is 39.7 Å². The van der Waals surface area contributed by atoms with Gasteiger partial charge in [0.05, 0.1) is 11.0 Å². The van der Waals surface area contributed by atoms with Crippen LogP contribution in [0, 0.1) is 0 Å². The fraction of sp³-hybridized carbons (Fsp3) is 0.462. The minimum atomic E-state index is -0.0156. The summed E-state index contributed by atoms with van der Waals surface area (Å²) in [6.07, 6.45) is 0. The zero-order valence-electron chi connectivity index (χ0n) is 10.2. The number of rotatable bonds is 2. The van der Waals surface area contributed by atoms with Crippen LogP contribution >= 0.6 is 0 Å². The van der Waals surface area contributed by atoms with Crippen LogP contribution < -0.4 is 5.69 Å². The van der Waals surface area contributed by atoms with Gasteiger partial charge in [-0.1, -0.05) is 26.0 Å². The van der Waals surface area contributed by atoms with E-state index in [4.69, 9.17) is 0 Å². The molecule has 0 aliphatic carbocycles. The first-order valence-electron chi connectivity index (χ1n) is 5.75. The number of aromatic nitrogens is 2. The van der Waals surface area contributed by atoms with E-state index in [1.54, 1.807) is 0 Å². The van der Waals surface area contributed by atoms with E-state index in [1.165, 1.54) is 5.56 Å². The third-order valence-corrected chi connectivity index (χ3v) is 2.91. The number of fused-ring (bicyclic) bond motifs is 1. The summed E-state index contributed by atoms with van der Waals surface area (Å²) in [4.78, 5) is 14.8. The van der Waals surface area contributed by atoms with E-state index < -0.39 is 0 Å². The van der Waals surface area contributed by atoms with E-state index in [9.17, 15) is 4.79 Å². The molecule has 0 saturated carbocycles. The largest absolute Gasteiger partial charge is 0.326 e. The zero-order chi connectivity index (χ0) is 11.9. The standard InChI is InChI=1S/C13H18N2O/c1-8(2)10-6-5-7-11-12(10)15(9(3)4)13(16)14-11/h5-9H,1-4H3,(H,14,16). The number of H-pyrrole nitrogens is 1. The van der Waals surface area contributed by atoms with E-state index in [2.05, 4.69) is 24.9 Å². The molecule has 1 aromatic heterocycles. The molecule has 1 aromatic carbocycles. The zero-order valence-corrected chi connectivity index (χ0v) is 10.2. The summed E-state index contributed by atoms with van der Waals surface area (Å²) in [5.41, 5.74) is 3.20. The van der Waals surface area contributed by atoms with Crippen molar-refractivity contribution in [1.29, 1.82) is 0 Å². The topological polar surface area (TPSA) is 37.8 Å². The Kier molecular flexibility index (Phi) is 2.62. The Balaban J connectivity index is 2.89. The summed E-state index contributed by atoms with van der Waals surface area (Å²) in [6, 6.07) is 6.24. The number of imidazole rings is 1. The van der Waals surface area contributed by atoms with Gasteiger partial charge in [0.25, 0.3) is 0 Å². The van der Waals surface area contributed by atoms with E-state index in [0.29, 0.717) is 5.92 Å². The number of nitrogens with one attached hydrogen (secondary N) is 1. The average Bonchev–Trinajstić information content (AvgIpc) is 2.52. The molecule has 0 unspecified atom stereocenters. The molecule has 1 heterocycles. The van der Waals surface area contributed by atoms with Crippen LogP contribution in [-0.4, -0.2) is 9.55 Å². The van der Waals surface area contributed by atoms with Gasteiger partial charge in [0, 0.05) is 6.04 Å². The lowest BCUT2D eigenvalue weighted by atomic mass is 10.0. The number of para-hydroxylation sites is 1. The molecule has 1 N–H and O–H groups in total. The highest BCUT2D eigenvalue weighted by atomic mass is 16.1. The third kappa shape index (κ3) is 1.56. The van der Waals surface area contributed by atoms with Gasteiger partial charge in [-0.05, 0) is 31.4 Å². The fourth-order valence-corrected chi connectivity index (χ4v) is 2.17. The Bertz CT molecular complexity index is 561. The van der Waals surface area contributed by atoms with Gasteiger partial charge in [0.2, 0.25) is 0 Å². The summed E-state index contributed by atoms with van der Waals surface area (Å²) < 4.78 is 1.84. The number of hydrogen-bond acceptors (Lipinski definition) is 1. The Labute approximate surface area is 95.1 Å².